The summed E-state index contributed by atoms with van der Waals surface area (Å²) in [5, 5.41) is 0. The highest BCUT2D eigenvalue weighted by atomic mass is 79.9. The minimum Gasteiger partial charge on any atom is -0.464 e. The molecule has 0 aromatic carbocycles. The van der Waals surface area contributed by atoms with Crippen LogP contribution in [-0.2, 0) is 11.3 Å². The van der Waals surface area contributed by atoms with Gasteiger partial charge in [-0.2, -0.15) is 0 Å². The Morgan fingerprint density at radius 2 is 2.31 bits per heavy atom. The van der Waals surface area contributed by atoms with Crippen molar-refractivity contribution in [2.45, 2.75) is 13.0 Å². The summed E-state index contributed by atoms with van der Waals surface area (Å²) in [6.07, 6.45) is -2.80. The molecule has 0 aliphatic carbocycles. The maximum atomic E-state index is 12.6. The Hall–Kier alpha value is -1.08. The first-order valence-corrected chi connectivity index (χ1v) is 5.06. The average molecular weight is 295 g/mol. The zero-order chi connectivity index (χ0) is 12.3. The van der Waals surface area contributed by atoms with Gasteiger partial charge < -0.3 is 10.5 Å². The van der Waals surface area contributed by atoms with Gasteiger partial charge in [-0.15, -0.1) is 0 Å². The SMILES string of the molecule is COC(=O)c1nc(CN)c(Br)cc1C(F)F. The quantitative estimate of drug-likeness (QED) is 0.866. The first kappa shape index (κ1) is 13.0. The number of rotatable bonds is 3. The van der Waals surface area contributed by atoms with Crippen LogP contribution in [0.2, 0.25) is 0 Å². The number of ether oxygens (including phenoxy) is 1. The number of hydrogen-bond acceptors (Lipinski definition) is 4. The van der Waals surface area contributed by atoms with Crippen LogP contribution in [0.5, 0.6) is 0 Å². The normalized spacial score (nSPS) is 10.6. The van der Waals surface area contributed by atoms with Gasteiger partial charge in [-0.25, -0.2) is 18.6 Å². The number of methoxy groups -OCH3 is 1. The molecule has 1 aromatic heterocycles. The molecule has 0 radical (unpaired) electrons. The zero-order valence-electron chi connectivity index (χ0n) is 8.34. The first-order chi connectivity index (χ1) is 7.51. The Balaban J connectivity index is 3.36. The molecule has 16 heavy (non-hydrogen) atoms. The molecule has 0 aliphatic heterocycles. The van der Waals surface area contributed by atoms with Crippen LogP contribution in [0.4, 0.5) is 8.78 Å². The fourth-order valence-electron chi connectivity index (χ4n) is 1.11. The van der Waals surface area contributed by atoms with Crippen LogP contribution in [-0.4, -0.2) is 18.1 Å². The lowest BCUT2D eigenvalue weighted by Crippen LogP contribution is -2.13. The van der Waals surface area contributed by atoms with Gasteiger partial charge in [-0.3, -0.25) is 0 Å². The second-order valence-corrected chi connectivity index (χ2v) is 3.71. The molecule has 0 bridgehead atoms. The molecule has 1 rings (SSSR count). The largest absolute Gasteiger partial charge is 0.464 e. The van der Waals surface area contributed by atoms with E-state index in [4.69, 9.17) is 5.73 Å². The number of carbonyl (C=O) groups is 1. The number of alkyl halides is 2. The Kier molecular flexibility index (Phi) is 4.31. The smallest absolute Gasteiger partial charge is 0.357 e. The third kappa shape index (κ3) is 2.53. The average Bonchev–Trinajstić information content (AvgIpc) is 2.27. The van der Waals surface area contributed by atoms with Crippen LogP contribution in [0, 0.1) is 0 Å². The second-order valence-electron chi connectivity index (χ2n) is 2.85. The lowest BCUT2D eigenvalue weighted by Gasteiger charge is -2.09. The van der Waals surface area contributed by atoms with Crippen molar-refractivity contribution in [2.24, 2.45) is 5.73 Å². The van der Waals surface area contributed by atoms with E-state index in [2.05, 4.69) is 25.7 Å². The number of nitrogens with zero attached hydrogens (tertiary/aromatic N) is 1. The molecule has 0 spiro atoms. The number of hydrogen-bond donors (Lipinski definition) is 1. The van der Waals surface area contributed by atoms with E-state index in [0.29, 0.717) is 10.2 Å². The molecule has 4 nitrogen and oxygen atoms in total. The molecule has 2 N–H and O–H groups in total. The van der Waals surface area contributed by atoms with Gasteiger partial charge in [0.25, 0.3) is 6.43 Å². The van der Waals surface area contributed by atoms with E-state index in [9.17, 15) is 13.6 Å². The molecular formula is C9H9BrF2N2O2. The molecule has 0 unspecified atom stereocenters. The molecule has 0 atom stereocenters. The van der Waals surface area contributed by atoms with Crippen molar-refractivity contribution in [3.8, 4) is 0 Å². The van der Waals surface area contributed by atoms with E-state index in [1.165, 1.54) is 0 Å². The summed E-state index contributed by atoms with van der Waals surface area (Å²) in [6, 6.07) is 1.13. The lowest BCUT2D eigenvalue weighted by atomic mass is 10.1. The summed E-state index contributed by atoms with van der Waals surface area (Å²) in [7, 11) is 1.10. The molecule has 88 valence electrons. The number of halogens is 3. The number of carbonyl (C=O) groups excluding carboxylic acids is 1. The molecule has 0 saturated carbocycles. The zero-order valence-corrected chi connectivity index (χ0v) is 9.92. The number of nitrogens with two attached hydrogens (primary N) is 1. The maximum Gasteiger partial charge on any atom is 0.357 e. The van der Waals surface area contributed by atoms with E-state index in [1.807, 2.05) is 0 Å². The standard InChI is InChI=1S/C9H9BrF2N2O2/c1-16-9(15)7-4(8(11)12)2-5(10)6(3-13)14-7/h2,8H,3,13H2,1H3. The predicted molar refractivity (Wildman–Crippen MR) is 56.1 cm³/mol. The molecular weight excluding hydrogens is 286 g/mol. The van der Waals surface area contributed by atoms with Gasteiger partial charge in [0.2, 0.25) is 0 Å². The van der Waals surface area contributed by atoms with Crippen molar-refractivity contribution in [1.82, 2.24) is 4.98 Å². The molecule has 0 aliphatic rings. The van der Waals surface area contributed by atoms with Crippen LogP contribution in [0.15, 0.2) is 10.5 Å². The Morgan fingerprint density at radius 1 is 1.69 bits per heavy atom. The Morgan fingerprint density at radius 3 is 2.75 bits per heavy atom. The van der Waals surface area contributed by atoms with Crippen molar-refractivity contribution < 1.29 is 18.3 Å². The van der Waals surface area contributed by atoms with Gasteiger partial charge in [0.05, 0.1) is 18.4 Å². The highest BCUT2D eigenvalue weighted by molar-refractivity contribution is 9.10. The fraction of sp³-hybridized carbons (Fsp3) is 0.333. The van der Waals surface area contributed by atoms with Gasteiger partial charge in [0.15, 0.2) is 5.69 Å². The van der Waals surface area contributed by atoms with Crippen LogP contribution in [0.25, 0.3) is 0 Å². The summed E-state index contributed by atoms with van der Waals surface area (Å²) in [6.45, 7) is 0.0358. The summed E-state index contributed by atoms with van der Waals surface area (Å²) in [4.78, 5) is 15.0. The third-order valence-electron chi connectivity index (χ3n) is 1.89. The van der Waals surface area contributed by atoms with Crippen LogP contribution < -0.4 is 5.73 Å². The number of esters is 1. The van der Waals surface area contributed by atoms with Crippen LogP contribution in [0.3, 0.4) is 0 Å². The third-order valence-corrected chi connectivity index (χ3v) is 2.57. The molecule has 1 heterocycles. The van der Waals surface area contributed by atoms with E-state index < -0.39 is 23.7 Å². The summed E-state index contributed by atoms with van der Waals surface area (Å²) < 4.78 is 30.0. The van der Waals surface area contributed by atoms with Crippen molar-refractivity contribution in [3.05, 3.63) is 27.5 Å². The van der Waals surface area contributed by atoms with Gasteiger partial charge in [0, 0.05) is 11.0 Å². The highest BCUT2D eigenvalue weighted by Crippen LogP contribution is 2.27. The lowest BCUT2D eigenvalue weighted by molar-refractivity contribution is 0.0581. The van der Waals surface area contributed by atoms with Crippen molar-refractivity contribution in [3.63, 3.8) is 0 Å². The summed E-state index contributed by atoms with van der Waals surface area (Å²) in [5.74, 6) is -0.905. The number of pyridine rings is 1. The number of aromatic nitrogens is 1. The topological polar surface area (TPSA) is 65.2 Å². The highest BCUT2D eigenvalue weighted by Gasteiger charge is 2.22. The van der Waals surface area contributed by atoms with Crippen molar-refractivity contribution in [2.75, 3.05) is 7.11 Å². The molecule has 0 saturated heterocycles. The molecule has 1 aromatic rings. The van der Waals surface area contributed by atoms with Gasteiger partial charge >= 0.3 is 5.97 Å². The van der Waals surface area contributed by atoms with E-state index in [0.717, 1.165) is 13.2 Å². The summed E-state index contributed by atoms with van der Waals surface area (Å²) in [5.41, 5.74) is 4.80. The molecule has 0 fully saturated rings. The van der Waals surface area contributed by atoms with Crippen molar-refractivity contribution in [1.29, 1.82) is 0 Å². The minimum absolute atomic E-state index is 0.0358. The monoisotopic (exact) mass is 294 g/mol. The Bertz CT molecular complexity index is 413. The molecule has 7 heteroatoms. The maximum absolute atomic E-state index is 12.6. The fourth-order valence-corrected chi connectivity index (χ4v) is 1.61. The Labute approximate surface area is 98.9 Å². The van der Waals surface area contributed by atoms with Gasteiger partial charge in [-0.1, -0.05) is 0 Å². The van der Waals surface area contributed by atoms with Crippen LogP contribution >= 0.6 is 15.9 Å². The summed E-state index contributed by atoms with van der Waals surface area (Å²) >= 11 is 3.05. The predicted octanol–water partition coefficient (Wildman–Crippen LogP) is 2.03. The van der Waals surface area contributed by atoms with Gasteiger partial charge in [0.1, 0.15) is 0 Å². The second kappa shape index (κ2) is 5.31. The van der Waals surface area contributed by atoms with Crippen molar-refractivity contribution >= 4 is 21.9 Å². The minimum atomic E-state index is -2.80. The van der Waals surface area contributed by atoms with E-state index in [-0.39, 0.29) is 6.54 Å². The van der Waals surface area contributed by atoms with E-state index >= 15 is 0 Å². The molecule has 0 amide bonds. The van der Waals surface area contributed by atoms with Crippen LogP contribution in [0.1, 0.15) is 28.2 Å². The first-order valence-electron chi connectivity index (χ1n) is 4.27. The van der Waals surface area contributed by atoms with E-state index in [1.54, 1.807) is 0 Å². The van der Waals surface area contributed by atoms with Gasteiger partial charge in [-0.05, 0) is 22.0 Å².